The van der Waals surface area contributed by atoms with Gasteiger partial charge in [0, 0.05) is 24.2 Å². The third kappa shape index (κ3) is 5.86. The predicted octanol–water partition coefficient (Wildman–Crippen LogP) is 3.03. The molecule has 0 aromatic rings. The van der Waals surface area contributed by atoms with E-state index in [9.17, 15) is 0 Å². The topological polar surface area (TPSA) is 24.1 Å². The Bertz CT molecular complexity index is 158. The summed E-state index contributed by atoms with van der Waals surface area (Å²) in [6, 6.07) is 2.18. The maximum absolute atomic E-state index is 3.66. The number of nitrogens with one attached hydrogen (secondary N) is 2. The number of hydrogen-bond donors (Lipinski definition) is 2. The van der Waals surface area contributed by atoms with Crippen molar-refractivity contribution in [2.75, 3.05) is 0 Å². The summed E-state index contributed by atoms with van der Waals surface area (Å²) in [6.45, 7) is 18.1. The van der Waals surface area contributed by atoms with Gasteiger partial charge in [-0.05, 0) is 39.5 Å². The average Bonchev–Trinajstić information content (AvgIpc) is 2.16. The molecule has 0 saturated heterocycles. The van der Waals surface area contributed by atoms with Gasteiger partial charge in [0.25, 0.3) is 0 Å². The van der Waals surface area contributed by atoms with Crippen molar-refractivity contribution in [3.63, 3.8) is 0 Å². The summed E-state index contributed by atoms with van der Waals surface area (Å²) in [5.41, 5.74) is 0. The van der Waals surface area contributed by atoms with Crippen LogP contribution in [0, 0.1) is 11.8 Å². The van der Waals surface area contributed by atoms with Gasteiger partial charge in [0.1, 0.15) is 0 Å². The molecule has 0 rings (SSSR count). The van der Waals surface area contributed by atoms with E-state index < -0.39 is 0 Å². The Hall–Kier alpha value is -0.0800. The van der Waals surface area contributed by atoms with Crippen LogP contribution in [0.15, 0.2) is 0 Å². The van der Waals surface area contributed by atoms with Gasteiger partial charge in [-0.3, -0.25) is 0 Å². The lowest BCUT2D eigenvalue weighted by Gasteiger charge is -2.31. The van der Waals surface area contributed by atoms with Crippen LogP contribution in [-0.4, -0.2) is 24.2 Å². The van der Waals surface area contributed by atoms with E-state index in [4.69, 9.17) is 0 Å². The van der Waals surface area contributed by atoms with E-state index in [-0.39, 0.29) is 0 Å². The Morgan fingerprint density at radius 3 is 0.875 bits per heavy atom. The molecular weight excluding hydrogens is 196 g/mol. The lowest BCUT2D eigenvalue weighted by atomic mass is 10.0. The Labute approximate surface area is 103 Å². The molecule has 0 aliphatic rings. The first-order valence-electron chi connectivity index (χ1n) is 6.77. The molecule has 0 aliphatic carbocycles. The van der Waals surface area contributed by atoms with Gasteiger partial charge in [-0.15, -0.1) is 0 Å². The van der Waals surface area contributed by atoms with Crippen molar-refractivity contribution in [1.29, 1.82) is 0 Å². The van der Waals surface area contributed by atoms with Crippen LogP contribution in [0.4, 0.5) is 0 Å². The highest BCUT2D eigenvalue weighted by atomic mass is 15.0. The summed E-state index contributed by atoms with van der Waals surface area (Å²) in [5.74, 6) is 1.38. The van der Waals surface area contributed by atoms with Gasteiger partial charge in [-0.1, -0.05) is 27.7 Å². The fraction of sp³-hybridized carbons (Fsp3) is 1.00. The fourth-order valence-electron chi connectivity index (χ4n) is 1.50. The molecule has 0 radical (unpaired) electrons. The van der Waals surface area contributed by atoms with E-state index in [1.807, 2.05) is 0 Å². The van der Waals surface area contributed by atoms with E-state index in [2.05, 4.69) is 66.0 Å². The van der Waals surface area contributed by atoms with Gasteiger partial charge in [-0.25, -0.2) is 0 Å². The van der Waals surface area contributed by atoms with E-state index in [0.29, 0.717) is 36.0 Å². The maximum Gasteiger partial charge on any atom is 0.0192 e. The van der Waals surface area contributed by atoms with Gasteiger partial charge >= 0.3 is 0 Å². The summed E-state index contributed by atoms with van der Waals surface area (Å²) in [7, 11) is 0. The van der Waals surface area contributed by atoms with E-state index in [1.54, 1.807) is 0 Å². The lowest BCUT2D eigenvalue weighted by Crippen LogP contribution is -2.51. The smallest absolute Gasteiger partial charge is 0.0192 e. The zero-order valence-corrected chi connectivity index (χ0v) is 12.5. The summed E-state index contributed by atoms with van der Waals surface area (Å²) < 4.78 is 0. The van der Waals surface area contributed by atoms with Crippen LogP contribution in [-0.2, 0) is 0 Å². The van der Waals surface area contributed by atoms with Crippen LogP contribution < -0.4 is 10.6 Å². The molecule has 0 aliphatic heterocycles. The maximum atomic E-state index is 3.66. The van der Waals surface area contributed by atoms with Gasteiger partial charge in [0.05, 0.1) is 0 Å². The first kappa shape index (κ1) is 15.9. The minimum Gasteiger partial charge on any atom is -0.310 e. The second kappa shape index (κ2) is 7.29. The molecule has 4 unspecified atom stereocenters. The third-order valence-corrected chi connectivity index (χ3v) is 3.80. The van der Waals surface area contributed by atoms with Crippen LogP contribution in [0.2, 0.25) is 0 Å². The molecule has 16 heavy (non-hydrogen) atoms. The van der Waals surface area contributed by atoms with Gasteiger partial charge < -0.3 is 10.6 Å². The van der Waals surface area contributed by atoms with Crippen LogP contribution >= 0.6 is 0 Å². The van der Waals surface area contributed by atoms with Crippen LogP contribution in [0.25, 0.3) is 0 Å². The van der Waals surface area contributed by atoms with E-state index >= 15 is 0 Å². The Kier molecular flexibility index (Phi) is 7.25. The number of hydrogen-bond acceptors (Lipinski definition) is 2. The highest BCUT2D eigenvalue weighted by Gasteiger charge is 2.18. The first-order chi connectivity index (χ1) is 7.25. The van der Waals surface area contributed by atoms with Crippen LogP contribution in [0.5, 0.6) is 0 Å². The average molecular weight is 228 g/mol. The fourth-order valence-corrected chi connectivity index (χ4v) is 1.50. The molecule has 98 valence electrons. The molecule has 2 nitrogen and oxygen atoms in total. The van der Waals surface area contributed by atoms with Gasteiger partial charge in [-0.2, -0.15) is 0 Å². The third-order valence-electron chi connectivity index (χ3n) is 3.80. The first-order valence-corrected chi connectivity index (χ1v) is 6.77. The quantitative estimate of drug-likeness (QED) is 0.700. The lowest BCUT2D eigenvalue weighted by molar-refractivity contribution is 0.298. The molecule has 4 atom stereocenters. The summed E-state index contributed by atoms with van der Waals surface area (Å²) in [5, 5.41) is 7.32. The molecule has 0 saturated carbocycles. The SMILES string of the molecule is CC(C)C(C)NC(C)C(C)NC(C)C(C)C. The highest BCUT2D eigenvalue weighted by molar-refractivity contribution is 4.81. The summed E-state index contributed by atoms with van der Waals surface area (Å²) in [6.07, 6.45) is 0. The molecule has 0 amide bonds. The molecule has 0 spiro atoms. The monoisotopic (exact) mass is 228 g/mol. The minimum absolute atomic E-state index is 0.513. The van der Waals surface area contributed by atoms with Crippen molar-refractivity contribution >= 4 is 0 Å². The van der Waals surface area contributed by atoms with Gasteiger partial charge in [0.2, 0.25) is 0 Å². The molecule has 0 aromatic carbocycles. The van der Waals surface area contributed by atoms with Crippen molar-refractivity contribution < 1.29 is 0 Å². The Balaban J connectivity index is 4.03. The standard InChI is InChI=1S/C14H32N2/c1-9(2)11(5)15-13(7)14(8)16-12(6)10(3)4/h9-16H,1-8H3. The van der Waals surface area contributed by atoms with Crippen LogP contribution in [0.3, 0.4) is 0 Å². The van der Waals surface area contributed by atoms with Crippen molar-refractivity contribution in [3.8, 4) is 0 Å². The molecule has 0 heterocycles. The Morgan fingerprint density at radius 2 is 0.688 bits per heavy atom. The molecule has 0 bridgehead atoms. The van der Waals surface area contributed by atoms with Crippen LogP contribution in [0.1, 0.15) is 55.4 Å². The van der Waals surface area contributed by atoms with Crippen molar-refractivity contribution in [1.82, 2.24) is 10.6 Å². The van der Waals surface area contributed by atoms with Crippen molar-refractivity contribution in [3.05, 3.63) is 0 Å². The molecule has 2 heteroatoms. The minimum atomic E-state index is 0.513. The molecule has 0 fully saturated rings. The predicted molar refractivity (Wildman–Crippen MR) is 73.8 cm³/mol. The molecule has 0 aromatic heterocycles. The summed E-state index contributed by atoms with van der Waals surface area (Å²) >= 11 is 0. The largest absolute Gasteiger partial charge is 0.310 e. The normalized spacial score (nSPS) is 19.9. The Morgan fingerprint density at radius 1 is 0.438 bits per heavy atom. The zero-order valence-electron chi connectivity index (χ0n) is 12.5. The van der Waals surface area contributed by atoms with Crippen molar-refractivity contribution in [2.45, 2.75) is 79.6 Å². The number of rotatable bonds is 7. The van der Waals surface area contributed by atoms with E-state index in [1.165, 1.54) is 0 Å². The van der Waals surface area contributed by atoms with Gasteiger partial charge in [0.15, 0.2) is 0 Å². The second-order valence-corrected chi connectivity index (χ2v) is 5.98. The van der Waals surface area contributed by atoms with Crippen molar-refractivity contribution in [2.24, 2.45) is 11.8 Å². The second-order valence-electron chi connectivity index (χ2n) is 5.98. The zero-order chi connectivity index (χ0) is 12.9. The highest BCUT2D eigenvalue weighted by Crippen LogP contribution is 2.06. The summed E-state index contributed by atoms with van der Waals surface area (Å²) in [4.78, 5) is 0. The molecule has 2 N–H and O–H groups in total. The molecular formula is C14H32N2. The van der Waals surface area contributed by atoms with E-state index in [0.717, 1.165) is 0 Å².